The molecule has 0 atom stereocenters. The monoisotopic (exact) mass is 290 g/mol. The van der Waals surface area contributed by atoms with Gasteiger partial charge < -0.3 is 16.2 Å². The lowest BCUT2D eigenvalue weighted by atomic mass is 9.73. The molecule has 4 N–H and O–H groups in total. The van der Waals surface area contributed by atoms with E-state index < -0.39 is 16.9 Å². The molecule has 1 aromatic carbocycles. The van der Waals surface area contributed by atoms with Gasteiger partial charge in [-0.05, 0) is 50.8 Å². The number of amides is 1. The van der Waals surface area contributed by atoms with Crippen molar-refractivity contribution < 1.29 is 14.7 Å². The van der Waals surface area contributed by atoms with E-state index in [-0.39, 0.29) is 12.3 Å². The van der Waals surface area contributed by atoms with E-state index in [9.17, 15) is 9.59 Å². The van der Waals surface area contributed by atoms with Gasteiger partial charge in [-0.1, -0.05) is 12.1 Å². The molecule has 0 bridgehead atoms. The van der Waals surface area contributed by atoms with Crippen LogP contribution in [0.4, 0.5) is 5.69 Å². The standard InChI is InChI=1S/C16H22N2O3/c1-15(2,11-4-6-12(17)7-5-11)14(21)18-16(8-3-9-16)10-13(19)20/h4-7H,3,8-10,17H2,1-2H3,(H,18,21)(H,19,20). The summed E-state index contributed by atoms with van der Waals surface area (Å²) >= 11 is 0. The van der Waals surface area contributed by atoms with Crippen LogP contribution in [0.5, 0.6) is 0 Å². The number of hydrogen-bond donors (Lipinski definition) is 3. The summed E-state index contributed by atoms with van der Waals surface area (Å²) in [6, 6.07) is 7.20. The quantitative estimate of drug-likeness (QED) is 0.724. The van der Waals surface area contributed by atoms with Crippen LogP contribution >= 0.6 is 0 Å². The van der Waals surface area contributed by atoms with Crippen LogP contribution in [0.2, 0.25) is 0 Å². The van der Waals surface area contributed by atoms with Gasteiger partial charge >= 0.3 is 5.97 Å². The first-order chi connectivity index (χ1) is 9.75. The van der Waals surface area contributed by atoms with Crippen LogP contribution in [-0.2, 0) is 15.0 Å². The third kappa shape index (κ3) is 3.17. The van der Waals surface area contributed by atoms with Crippen molar-refractivity contribution in [3.8, 4) is 0 Å². The van der Waals surface area contributed by atoms with Gasteiger partial charge in [0, 0.05) is 5.69 Å². The minimum absolute atomic E-state index is 0.0173. The molecule has 1 saturated carbocycles. The van der Waals surface area contributed by atoms with Crippen molar-refractivity contribution in [3.63, 3.8) is 0 Å². The number of carbonyl (C=O) groups is 2. The van der Waals surface area contributed by atoms with Gasteiger partial charge in [0.25, 0.3) is 0 Å². The summed E-state index contributed by atoms with van der Waals surface area (Å²) in [7, 11) is 0. The molecule has 1 amide bonds. The zero-order valence-corrected chi connectivity index (χ0v) is 12.5. The first-order valence-electron chi connectivity index (χ1n) is 7.16. The van der Waals surface area contributed by atoms with Gasteiger partial charge in [0.2, 0.25) is 5.91 Å². The van der Waals surface area contributed by atoms with E-state index in [1.165, 1.54) is 0 Å². The normalized spacial score (nSPS) is 16.9. The van der Waals surface area contributed by atoms with Crippen molar-refractivity contribution in [3.05, 3.63) is 29.8 Å². The fraction of sp³-hybridized carbons (Fsp3) is 0.500. The van der Waals surface area contributed by atoms with Crippen molar-refractivity contribution in [1.29, 1.82) is 0 Å². The second-order valence-corrected chi connectivity index (χ2v) is 6.41. The smallest absolute Gasteiger partial charge is 0.305 e. The van der Waals surface area contributed by atoms with Gasteiger partial charge in [0.15, 0.2) is 0 Å². The second-order valence-electron chi connectivity index (χ2n) is 6.41. The average Bonchev–Trinajstić information content (AvgIpc) is 2.35. The number of carbonyl (C=O) groups excluding carboxylic acids is 1. The van der Waals surface area contributed by atoms with Gasteiger partial charge in [-0.15, -0.1) is 0 Å². The van der Waals surface area contributed by atoms with E-state index in [1.807, 2.05) is 26.0 Å². The fourth-order valence-corrected chi connectivity index (χ4v) is 2.67. The lowest BCUT2D eigenvalue weighted by molar-refractivity contribution is -0.141. The molecule has 0 spiro atoms. The van der Waals surface area contributed by atoms with Crippen LogP contribution in [0.25, 0.3) is 0 Å². The van der Waals surface area contributed by atoms with Crippen molar-refractivity contribution in [2.75, 3.05) is 5.73 Å². The summed E-state index contributed by atoms with van der Waals surface area (Å²) in [5.41, 5.74) is 5.87. The van der Waals surface area contributed by atoms with Gasteiger partial charge in [-0.3, -0.25) is 9.59 Å². The molecule has 1 aliphatic carbocycles. The molecule has 5 nitrogen and oxygen atoms in total. The SMILES string of the molecule is CC(C)(C(=O)NC1(CC(=O)O)CCC1)c1ccc(N)cc1. The zero-order valence-electron chi connectivity index (χ0n) is 12.5. The number of hydrogen-bond acceptors (Lipinski definition) is 3. The second kappa shape index (κ2) is 5.39. The summed E-state index contributed by atoms with van der Waals surface area (Å²) in [6.07, 6.45) is 2.39. The first kappa shape index (κ1) is 15.4. The molecule has 0 radical (unpaired) electrons. The minimum atomic E-state index is -0.875. The Hall–Kier alpha value is -2.04. The van der Waals surface area contributed by atoms with Gasteiger partial charge in [-0.25, -0.2) is 0 Å². The highest BCUT2D eigenvalue weighted by atomic mass is 16.4. The van der Waals surface area contributed by atoms with Crippen molar-refractivity contribution in [2.45, 2.75) is 50.5 Å². The van der Waals surface area contributed by atoms with Gasteiger partial charge in [0.05, 0.1) is 17.4 Å². The van der Waals surface area contributed by atoms with Crippen molar-refractivity contribution >= 4 is 17.6 Å². The number of nitrogens with one attached hydrogen (secondary N) is 1. The Bertz CT molecular complexity index is 545. The molecule has 1 aliphatic rings. The molecular formula is C16H22N2O3. The van der Waals surface area contributed by atoms with Crippen molar-refractivity contribution in [1.82, 2.24) is 5.32 Å². The van der Waals surface area contributed by atoms with Gasteiger partial charge in [0.1, 0.15) is 0 Å². The van der Waals surface area contributed by atoms with Crippen LogP contribution in [0.1, 0.15) is 45.1 Å². The van der Waals surface area contributed by atoms with Crippen LogP contribution in [-0.4, -0.2) is 22.5 Å². The molecule has 0 saturated heterocycles. The largest absolute Gasteiger partial charge is 0.481 e. The van der Waals surface area contributed by atoms with E-state index in [2.05, 4.69) is 5.32 Å². The Morgan fingerprint density at radius 3 is 2.29 bits per heavy atom. The predicted octanol–water partition coefficient (Wildman–Crippen LogP) is 2.06. The van der Waals surface area contributed by atoms with Gasteiger partial charge in [-0.2, -0.15) is 0 Å². The Morgan fingerprint density at radius 1 is 1.29 bits per heavy atom. The maximum absolute atomic E-state index is 12.6. The number of nitrogen functional groups attached to an aromatic ring is 1. The average molecular weight is 290 g/mol. The maximum atomic E-state index is 12.6. The lowest BCUT2D eigenvalue weighted by Crippen LogP contribution is -2.58. The van der Waals surface area contributed by atoms with E-state index in [0.29, 0.717) is 5.69 Å². The highest BCUT2D eigenvalue weighted by Gasteiger charge is 2.43. The van der Waals surface area contributed by atoms with Crippen LogP contribution < -0.4 is 11.1 Å². The predicted molar refractivity (Wildman–Crippen MR) is 80.9 cm³/mol. The van der Waals surface area contributed by atoms with Crippen LogP contribution in [0.15, 0.2) is 24.3 Å². The lowest BCUT2D eigenvalue weighted by Gasteiger charge is -2.43. The Morgan fingerprint density at radius 2 is 1.86 bits per heavy atom. The molecule has 21 heavy (non-hydrogen) atoms. The molecule has 0 aromatic heterocycles. The number of anilines is 1. The highest BCUT2D eigenvalue weighted by Crippen LogP contribution is 2.36. The summed E-state index contributed by atoms with van der Waals surface area (Å²) in [5, 5.41) is 12.0. The number of nitrogens with two attached hydrogens (primary N) is 1. The fourth-order valence-electron chi connectivity index (χ4n) is 2.67. The van der Waals surface area contributed by atoms with Crippen LogP contribution in [0.3, 0.4) is 0 Å². The number of carboxylic acids is 1. The Kier molecular flexibility index (Phi) is 3.94. The summed E-state index contributed by atoms with van der Waals surface area (Å²) in [6.45, 7) is 3.67. The zero-order chi connectivity index (χ0) is 15.7. The van der Waals surface area contributed by atoms with E-state index in [1.54, 1.807) is 12.1 Å². The molecule has 5 heteroatoms. The van der Waals surface area contributed by atoms with E-state index in [4.69, 9.17) is 10.8 Å². The summed E-state index contributed by atoms with van der Waals surface area (Å²) in [4.78, 5) is 23.6. The van der Waals surface area contributed by atoms with E-state index in [0.717, 1.165) is 24.8 Å². The first-order valence-corrected chi connectivity index (χ1v) is 7.16. The summed E-state index contributed by atoms with van der Waals surface area (Å²) < 4.78 is 0. The number of rotatable bonds is 5. The highest BCUT2D eigenvalue weighted by molar-refractivity contribution is 5.88. The number of aliphatic carboxylic acids is 1. The molecule has 2 rings (SSSR count). The third-order valence-electron chi connectivity index (χ3n) is 4.38. The van der Waals surface area contributed by atoms with E-state index >= 15 is 0 Å². The topological polar surface area (TPSA) is 92.4 Å². The molecule has 1 aromatic rings. The third-order valence-corrected chi connectivity index (χ3v) is 4.38. The molecule has 0 unspecified atom stereocenters. The maximum Gasteiger partial charge on any atom is 0.305 e. The summed E-state index contributed by atoms with van der Waals surface area (Å²) in [5.74, 6) is -1.02. The van der Waals surface area contributed by atoms with Crippen molar-refractivity contribution in [2.24, 2.45) is 0 Å². The minimum Gasteiger partial charge on any atom is -0.481 e. The molecule has 0 heterocycles. The Labute approximate surface area is 124 Å². The Balaban J connectivity index is 2.14. The molecule has 1 fully saturated rings. The number of carboxylic acid groups (broad SMARTS) is 1. The molecule has 0 aliphatic heterocycles. The van der Waals surface area contributed by atoms with Crippen LogP contribution in [0, 0.1) is 0 Å². The molecular weight excluding hydrogens is 268 g/mol. The number of benzene rings is 1. The molecule has 114 valence electrons.